The third-order valence-corrected chi connectivity index (χ3v) is 1.87. The van der Waals surface area contributed by atoms with Crippen LogP contribution in [0.3, 0.4) is 0 Å². The van der Waals surface area contributed by atoms with E-state index in [1.165, 1.54) is 7.11 Å². The number of amides is 1. The zero-order valence-corrected chi connectivity index (χ0v) is 8.18. The van der Waals surface area contributed by atoms with Gasteiger partial charge in [-0.25, -0.2) is 5.48 Å². The normalized spacial score (nSPS) is 9.77. The zero-order valence-electron chi connectivity index (χ0n) is 7.43. The molecule has 3 nitrogen and oxygen atoms in total. The Balaban J connectivity index is 2.99. The van der Waals surface area contributed by atoms with E-state index in [-0.39, 0.29) is 5.91 Å². The Morgan fingerprint density at radius 2 is 2.23 bits per heavy atom. The van der Waals surface area contributed by atoms with Crippen molar-refractivity contribution >= 4 is 17.5 Å². The second-order valence-corrected chi connectivity index (χ2v) is 3.03. The van der Waals surface area contributed by atoms with E-state index in [0.717, 1.165) is 5.56 Å². The van der Waals surface area contributed by atoms with E-state index in [9.17, 15) is 4.79 Å². The predicted octanol–water partition coefficient (Wildman–Crippen LogP) is 1.94. The molecule has 0 saturated heterocycles. The topological polar surface area (TPSA) is 38.3 Å². The number of halogens is 1. The van der Waals surface area contributed by atoms with Crippen molar-refractivity contribution in [3.8, 4) is 0 Å². The molecule has 1 rings (SSSR count). The van der Waals surface area contributed by atoms with E-state index < -0.39 is 0 Å². The summed E-state index contributed by atoms with van der Waals surface area (Å²) in [6.45, 7) is 1.83. The van der Waals surface area contributed by atoms with Crippen molar-refractivity contribution in [1.82, 2.24) is 5.48 Å². The molecule has 0 spiro atoms. The molecule has 0 saturated carbocycles. The largest absolute Gasteiger partial charge is 0.277 e. The van der Waals surface area contributed by atoms with Crippen molar-refractivity contribution in [2.45, 2.75) is 6.92 Å². The third kappa shape index (κ3) is 2.44. The molecule has 1 aromatic carbocycles. The van der Waals surface area contributed by atoms with Crippen molar-refractivity contribution in [2.24, 2.45) is 0 Å². The van der Waals surface area contributed by atoms with Crippen molar-refractivity contribution in [1.29, 1.82) is 0 Å². The number of hydrogen-bond donors (Lipinski definition) is 1. The SMILES string of the molecule is CONC(=O)c1cc(Cl)ccc1C. The predicted molar refractivity (Wildman–Crippen MR) is 50.7 cm³/mol. The molecule has 0 aliphatic carbocycles. The van der Waals surface area contributed by atoms with Crippen LogP contribution in [0.5, 0.6) is 0 Å². The molecule has 0 heterocycles. The zero-order chi connectivity index (χ0) is 9.84. The fourth-order valence-corrected chi connectivity index (χ4v) is 1.16. The summed E-state index contributed by atoms with van der Waals surface area (Å²) in [5, 5.41) is 0.534. The van der Waals surface area contributed by atoms with Crippen LogP contribution in [-0.4, -0.2) is 13.0 Å². The number of hydroxylamine groups is 1. The summed E-state index contributed by atoms with van der Waals surface area (Å²) in [6.07, 6.45) is 0. The van der Waals surface area contributed by atoms with Gasteiger partial charge in [0.15, 0.2) is 0 Å². The van der Waals surface area contributed by atoms with Gasteiger partial charge in [0, 0.05) is 10.6 Å². The van der Waals surface area contributed by atoms with Gasteiger partial charge < -0.3 is 0 Å². The Kier molecular flexibility index (Phi) is 3.28. The molecule has 0 radical (unpaired) electrons. The summed E-state index contributed by atoms with van der Waals surface area (Å²) in [4.78, 5) is 15.8. The standard InChI is InChI=1S/C9H10ClNO2/c1-6-3-4-7(10)5-8(6)9(12)11-13-2/h3-5H,1-2H3,(H,11,12). The van der Waals surface area contributed by atoms with Crippen LogP contribution in [-0.2, 0) is 4.84 Å². The van der Waals surface area contributed by atoms with Gasteiger partial charge in [-0.3, -0.25) is 9.63 Å². The van der Waals surface area contributed by atoms with Crippen LogP contribution in [0.4, 0.5) is 0 Å². The molecule has 4 heteroatoms. The van der Waals surface area contributed by atoms with Crippen LogP contribution in [0.1, 0.15) is 15.9 Å². The molecule has 1 N–H and O–H groups in total. The highest BCUT2D eigenvalue weighted by Gasteiger charge is 2.08. The van der Waals surface area contributed by atoms with Gasteiger partial charge in [-0.2, -0.15) is 0 Å². The first-order chi connectivity index (χ1) is 6.15. The Morgan fingerprint density at radius 1 is 1.54 bits per heavy atom. The van der Waals surface area contributed by atoms with Gasteiger partial charge in [0.25, 0.3) is 5.91 Å². The summed E-state index contributed by atoms with van der Waals surface area (Å²) in [5.74, 6) is -0.289. The molecule has 1 aromatic rings. The van der Waals surface area contributed by atoms with Gasteiger partial charge in [-0.15, -0.1) is 0 Å². The quantitative estimate of drug-likeness (QED) is 0.740. The second-order valence-electron chi connectivity index (χ2n) is 2.59. The molecule has 0 atom stereocenters. The molecule has 0 aliphatic rings. The molecular formula is C9H10ClNO2. The minimum Gasteiger partial charge on any atom is -0.277 e. The van der Waals surface area contributed by atoms with E-state index in [1.54, 1.807) is 18.2 Å². The van der Waals surface area contributed by atoms with Crippen LogP contribution in [0.25, 0.3) is 0 Å². The lowest BCUT2D eigenvalue weighted by Crippen LogP contribution is -2.22. The minimum atomic E-state index is -0.289. The summed E-state index contributed by atoms with van der Waals surface area (Å²) in [6, 6.07) is 5.12. The van der Waals surface area contributed by atoms with Crippen LogP contribution >= 0.6 is 11.6 Å². The second kappa shape index (κ2) is 4.25. The van der Waals surface area contributed by atoms with Crippen LogP contribution in [0.2, 0.25) is 5.02 Å². The average molecular weight is 200 g/mol. The first-order valence-corrected chi connectivity index (χ1v) is 4.12. The van der Waals surface area contributed by atoms with Gasteiger partial charge in [-0.05, 0) is 24.6 Å². The number of nitrogens with one attached hydrogen (secondary N) is 1. The van der Waals surface area contributed by atoms with Crippen LogP contribution in [0, 0.1) is 6.92 Å². The lowest BCUT2D eigenvalue weighted by atomic mass is 10.1. The maximum atomic E-state index is 11.3. The number of hydrogen-bond acceptors (Lipinski definition) is 2. The smallest absolute Gasteiger partial charge is 0.275 e. The van der Waals surface area contributed by atoms with Crippen molar-refractivity contribution in [3.05, 3.63) is 34.3 Å². The van der Waals surface area contributed by atoms with Crippen molar-refractivity contribution < 1.29 is 9.63 Å². The highest BCUT2D eigenvalue weighted by atomic mass is 35.5. The first kappa shape index (κ1) is 10.0. The van der Waals surface area contributed by atoms with Gasteiger partial charge >= 0.3 is 0 Å². The molecule has 70 valence electrons. The van der Waals surface area contributed by atoms with Crippen molar-refractivity contribution in [2.75, 3.05) is 7.11 Å². The molecular weight excluding hydrogens is 190 g/mol. The Morgan fingerprint density at radius 3 is 2.85 bits per heavy atom. The van der Waals surface area contributed by atoms with Crippen LogP contribution < -0.4 is 5.48 Å². The Labute approximate surface area is 81.6 Å². The number of rotatable bonds is 2. The summed E-state index contributed by atoms with van der Waals surface area (Å²) >= 11 is 5.74. The lowest BCUT2D eigenvalue weighted by molar-refractivity contribution is 0.0537. The van der Waals surface area contributed by atoms with Gasteiger partial charge in [0.2, 0.25) is 0 Å². The number of carbonyl (C=O) groups is 1. The monoisotopic (exact) mass is 199 g/mol. The summed E-state index contributed by atoms with van der Waals surface area (Å²) in [7, 11) is 1.39. The maximum Gasteiger partial charge on any atom is 0.275 e. The van der Waals surface area contributed by atoms with E-state index in [0.29, 0.717) is 10.6 Å². The van der Waals surface area contributed by atoms with Gasteiger partial charge in [0.05, 0.1) is 7.11 Å². The highest BCUT2D eigenvalue weighted by molar-refractivity contribution is 6.31. The Bertz CT molecular complexity index is 325. The fraction of sp³-hybridized carbons (Fsp3) is 0.222. The molecule has 0 unspecified atom stereocenters. The summed E-state index contributed by atoms with van der Waals surface area (Å²) < 4.78 is 0. The molecule has 0 fully saturated rings. The molecule has 0 aromatic heterocycles. The van der Waals surface area contributed by atoms with E-state index in [1.807, 2.05) is 6.92 Å². The van der Waals surface area contributed by atoms with Crippen LogP contribution in [0.15, 0.2) is 18.2 Å². The molecule has 13 heavy (non-hydrogen) atoms. The maximum absolute atomic E-state index is 11.3. The average Bonchev–Trinajstić information content (AvgIpc) is 2.09. The van der Waals surface area contributed by atoms with E-state index in [4.69, 9.17) is 11.6 Å². The van der Waals surface area contributed by atoms with Gasteiger partial charge in [0.1, 0.15) is 0 Å². The van der Waals surface area contributed by atoms with Gasteiger partial charge in [-0.1, -0.05) is 17.7 Å². The minimum absolute atomic E-state index is 0.289. The Hall–Kier alpha value is -1.06. The van der Waals surface area contributed by atoms with Crippen molar-refractivity contribution in [3.63, 3.8) is 0 Å². The first-order valence-electron chi connectivity index (χ1n) is 3.74. The van der Waals surface area contributed by atoms with E-state index >= 15 is 0 Å². The fourth-order valence-electron chi connectivity index (χ4n) is 0.987. The summed E-state index contributed by atoms with van der Waals surface area (Å²) in [5.41, 5.74) is 3.61. The number of carbonyl (C=O) groups excluding carboxylic acids is 1. The third-order valence-electron chi connectivity index (χ3n) is 1.64. The highest BCUT2D eigenvalue weighted by Crippen LogP contribution is 2.14. The van der Waals surface area contributed by atoms with E-state index in [2.05, 4.69) is 10.3 Å². The molecule has 1 amide bonds. The number of aryl methyl sites for hydroxylation is 1. The molecule has 0 aliphatic heterocycles. The molecule has 0 bridgehead atoms. The lowest BCUT2D eigenvalue weighted by Gasteiger charge is -2.05. The number of benzene rings is 1.